The Bertz CT molecular complexity index is 602. The molecule has 0 N–H and O–H groups in total. The number of pyridine rings is 1. The van der Waals surface area contributed by atoms with E-state index in [4.69, 9.17) is 4.74 Å². The fourth-order valence-corrected chi connectivity index (χ4v) is 2.14. The van der Waals surface area contributed by atoms with E-state index in [0.717, 1.165) is 30.7 Å². The largest absolute Gasteiger partial charge is 0.496 e. The van der Waals surface area contributed by atoms with Gasteiger partial charge < -0.3 is 9.30 Å². The molecule has 0 fully saturated rings. The number of ether oxygens (including phenoxy) is 1. The first-order chi connectivity index (χ1) is 9.20. The number of methoxy groups -OCH3 is 1. The van der Waals surface area contributed by atoms with Crippen LogP contribution in [0.15, 0.2) is 47.4 Å². The van der Waals surface area contributed by atoms with E-state index in [9.17, 15) is 4.79 Å². The van der Waals surface area contributed by atoms with Crippen LogP contribution >= 0.6 is 0 Å². The minimum absolute atomic E-state index is 0.0695. The molecule has 1 aromatic heterocycles. The normalized spacial score (nSPS) is 10.4. The zero-order chi connectivity index (χ0) is 13.7. The number of rotatable bonds is 5. The van der Waals surface area contributed by atoms with Gasteiger partial charge >= 0.3 is 0 Å². The Morgan fingerprint density at radius 2 is 2.00 bits per heavy atom. The number of benzene rings is 1. The van der Waals surface area contributed by atoms with Gasteiger partial charge in [0.1, 0.15) is 5.75 Å². The summed E-state index contributed by atoms with van der Waals surface area (Å²) in [6.07, 6.45) is 3.69. The Labute approximate surface area is 113 Å². The number of aryl methyl sites for hydroxylation is 3. The van der Waals surface area contributed by atoms with Crippen LogP contribution in [0.4, 0.5) is 0 Å². The third kappa shape index (κ3) is 3.47. The van der Waals surface area contributed by atoms with Crippen LogP contribution in [-0.2, 0) is 13.0 Å². The zero-order valence-corrected chi connectivity index (χ0v) is 11.4. The van der Waals surface area contributed by atoms with Crippen LogP contribution in [0.5, 0.6) is 5.75 Å². The maximum Gasteiger partial charge on any atom is 0.250 e. The van der Waals surface area contributed by atoms with Gasteiger partial charge in [-0.25, -0.2) is 0 Å². The van der Waals surface area contributed by atoms with Crippen LogP contribution in [0.2, 0.25) is 0 Å². The molecule has 19 heavy (non-hydrogen) atoms. The van der Waals surface area contributed by atoms with Crippen LogP contribution in [-0.4, -0.2) is 11.7 Å². The van der Waals surface area contributed by atoms with Gasteiger partial charge in [0, 0.05) is 18.8 Å². The SMILES string of the molecule is COc1ccccc1CCCn1ccc(C)cc1=O. The second-order valence-corrected chi connectivity index (χ2v) is 4.65. The van der Waals surface area contributed by atoms with Crippen molar-refractivity contribution in [1.82, 2.24) is 4.57 Å². The highest BCUT2D eigenvalue weighted by atomic mass is 16.5. The predicted octanol–water partition coefficient (Wildman–Crippen LogP) is 2.80. The molecule has 0 spiro atoms. The van der Waals surface area contributed by atoms with E-state index in [1.54, 1.807) is 17.7 Å². The van der Waals surface area contributed by atoms with Crippen LogP contribution in [0.25, 0.3) is 0 Å². The van der Waals surface area contributed by atoms with Crippen molar-refractivity contribution in [2.75, 3.05) is 7.11 Å². The van der Waals surface area contributed by atoms with Crippen LogP contribution in [0.3, 0.4) is 0 Å². The molecule has 1 aromatic carbocycles. The monoisotopic (exact) mass is 257 g/mol. The summed E-state index contributed by atoms with van der Waals surface area (Å²) in [5, 5.41) is 0. The van der Waals surface area contributed by atoms with Gasteiger partial charge in [-0.05, 0) is 43.0 Å². The van der Waals surface area contributed by atoms with Gasteiger partial charge in [0.25, 0.3) is 5.56 Å². The lowest BCUT2D eigenvalue weighted by atomic mass is 10.1. The molecule has 0 unspecified atom stereocenters. The Balaban J connectivity index is 1.98. The van der Waals surface area contributed by atoms with Crippen molar-refractivity contribution in [1.29, 1.82) is 0 Å². The number of para-hydroxylation sites is 1. The van der Waals surface area contributed by atoms with Gasteiger partial charge in [-0.2, -0.15) is 0 Å². The van der Waals surface area contributed by atoms with E-state index >= 15 is 0 Å². The molecule has 0 aliphatic rings. The number of hydrogen-bond donors (Lipinski definition) is 0. The molecule has 3 nitrogen and oxygen atoms in total. The smallest absolute Gasteiger partial charge is 0.250 e. The van der Waals surface area contributed by atoms with Gasteiger partial charge in [-0.15, -0.1) is 0 Å². The van der Waals surface area contributed by atoms with Crippen LogP contribution < -0.4 is 10.3 Å². The third-order valence-electron chi connectivity index (χ3n) is 3.19. The lowest BCUT2D eigenvalue weighted by molar-refractivity contribution is 0.408. The van der Waals surface area contributed by atoms with Crippen LogP contribution in [0, 0.1) is 6.92 Å². The standard InChI is InChI=1S/C16H19NO2/c1-13-9-11-17(16(18)12-13)10-5-7-14-6-3-4-8-15(14)19-2/h3-4,6,8-9,11-12H,5,7,10H2,1-2H3. The maximum atomic E-state index is 11.7. The molecule has 0 saturated carbocycles. The van der Waals surface area contributed by atoms with Gasteiger partial charge in [0.2, 0.25) is 0 Å². The minimum atomic E-state index is 0.0695. The molecule has 0 radical (unpaired) electrons. The molecule has 0 atom stereocenters. The molecule has 0 amide bonds. The highest BCUT2D eigenvalue weighted by molar-refractivity contribution is 5.33. The van der Waals surface area contributed by atoms with Crippen molar-refractivity contribution < 1.29 is 4.74 Å². The molecule has 0 aliphatic carbocycles. The van der Waals surface area contributed by atoms with E-state index in [1.165, 1.54) is 5.56 Å². The summed E-state index contributed by atoms with van der Waals surface area (Å²) in [6.45, 7) is 2.66. The third-order valence-corrected chi connectivity index (χ3v) is 3.19. The van der Waals surface area contributed by atoms with Gasteiger partial charge in [-0.1, -0.05) is 18.2 Å². The van der Waals surface area contributed by atoms with E-state index in [-0.39, 0.29) is 5.56 Å². The number of nitrogens with zero attached hydrogens (tertiary/aromatic N) is 1. The second-order valence-electron chi connectivity index (χ2n) is 4.65. The Kier molecular flexibility index (Phi) is 4.39. The van der Waals surface area contributed by atoms with Crippen molar-refractivity contribution in [3.8, 4) is 5.75 Å². The molecule has 1 heterocycles. The van der Waals surface area contributed by atoms with Gasteiger partial charge in [0.05, 0.1) is 7.11 Å². The van der Waals surface area contributed by atoms with E-state index in [1.807, 2.05) is 37.4 Å². The lowest BCUT2D eigenvalue weighted by Crippen LogP contribution is -2.19. The molecule has 0 aliphatic heterocycles. The van der Waals surface area contributed by atoms with Crippen molar-refractivity contribution >= 4 is 0 Å². The van der Waals surface area contributed by atoms with E-state index in [2.05, 4.69) is 6.07 Å². The Hall–Kier alpha value is -2.03. The van der Waals surface area contributed by atoms with Crippen molar-refractivity contribution in [2.24, 2.45) is 0 Å². The maximum absolute atomic E-state index is 11.7. The lowest BCUT2D eigenvalue weighted by Gasteiger charge is -2.09. The zero-order valence-electron chi connectivity index (χ0n) is 11.4. The van der Waals surface area contributed by atoms with Gasteiger partial charge in [-0.3, -0.25) is 4.79 Å². The quantitative estimate of drug-likeness (QED) is 0.824. The Morgan fingerprint density at radius 3 is 2.74 bits per heavy atom. The highest BCUT2D eigenvalue weighted by Crippen LogP contribution is 2.18. The fourth-order valence-electron chi connectivity index (χ4n) is 2.14. The fraction of sp³-hybridized carbons (Fsp3) is 0.312. The Morgan fingerprint density at radius 1 is 1.21 bits per heavy atom. The molecular formula is C16H19NO2. The second kappa shape index (κ2) is 6.23. The summed E-state index contributed by atoms with van der Waals surface area (Å²) < 4.78 is 7.07. The minimum Gasteiger partial charge on any atom is -0.496 e. The average molecular weight is 257 g/mol. The highest BCUT2D eigenvalue weighted by Gasteiger charge is 2.02. The first kappa shape index (κ1) is 13.4. The molecular weight excluding hydrogens is 238 g/mol. The number of aromatic nitrogens is 1. The summed E-state index contributed by atoms with van der Waals surface area (Å²) >= 11 is 0. The summed E-state index contributed by atoms with van der Waals surface area (Å²) in [5.41, 5.74) is 2.26. The molecule has 0 saturated heterocycles. The number of hydrogen-bond acceptors (Lipinski definition) is 2. The van der Waals surface area contributed by atoms with Crippen LogP contribution in [0.1, 0.15) is 17.5 Å². The average Bonchev–Trinajstić information content (AvgIpc) is 2.42. The molecule has 0 bridgehead atoms. The van der Waals surface area contributed by atoms with Crippen molar-refractivity contribution in [3.63, 3.8) is 0 Å². The first-order valence-electron chi connectivity index (χ1n) is 6.49. The van der Waals surface area contributed by atoms with Gasteiger partial charge in [0.15, 0.2) is 0 Å². The molecule has 2 aromatic rings. The summed E-state index contributed by atoms with van der Waals surface area (Å²) in [7, 11) is 1.68. The predicted molar refractivity (Wildman–Crippen MR) is 76.8 cm³/mol. The van der Waals surface area contributed by atoms with Crippen molar-refractivity contribution in [2.45, 2.75) is 26.3 Å². The molecule has 3 heteroatoms. The summed E-state index contributed by atoms with van der Waals surface area (Å²) in [5.74, 6) is 0.916. The molecule has 100 valence electrons. The molecule has 2 rings (SSSR count). The first-order valence-corrected chi connectivity index (χ1v) is 6.49. The van der Waals surface area contributed by atoms with E-state index in [0.29, 0.717) is 0 Å². The topological polar surface area (TPSA) is 31.2 Å². The van der Waals surface area contributed by atoms with E-state index < -0.39 is 0 Å². The summed E-state index contributed by atoms with van der Waals surface area (Å²) in [6, 6.07) is 11.6. The summed E-state index contributed by atoms with van der Waals surface area (Å²) in [4.78, 5) is 11.7. The van der Waals surface area contributed by atoms with Crippen molar-refractivity contribution in [3.05, 3.63) is 64.1 Å².